The van der Waals surface area contributed by atoms with Crippen LogP contribution in [0.15, 0.2) is 30.6 Å². The molecule has 2 rings (SSSR count). The highest BCUT2D eigenvalue weighted by Gasteiger charge is 2.06. The molecule has 0 atom stereocenters. The lowest BCUT2D eigenvalue weighted by Gasteiger charge is -2.07. The third-order valence-electron chi connectivity index (χ3n) is 3.36. The predicted molar refractivity (Wildman–Crippen MR) is 74.4 cm³/mol. The van der Waals surface area contributed by atoms with Crippen LogP contribution in [0.25, 0.3) is 0 Å². The summed E-state index contributed by atoms with van der Waals surface area (Å²) in [6, 6.07) is 6.34. The Morgan fingerprint density at radius 2 is 2.11 bits per heavy atom. The molecule has 0 saturated heterocycles. The second kappa shape index (κ2) is 5.83. The molecule has 0 radical (unpaired) electrons. The summed E-state index contributed by atoms with van der Waals surface area (Å²) in [4.78, 5) is 4.12. The second-order valence-corrected chi connectivity index (χ2v) is 4.61. The normalized spacial score (nSPS) is 10.8. The number of aromatic nitrogens is 2. The van der Waals surface area contributed by atoms with Gasteiger partial charge in [0.1, 0.15) is 0 Å². The molecule has 1 N–H and O–H groups in total. The van der Waals surface area contributed by atoms with Gasteiger partial charge >= 0.3 is 0 Å². The second-order valence-electron chi connectivity index (χ2n) is 4.61. The summed E-state index contributed by atoms with van der Waals surface area (Å²) in [6.07, 6.45) is 3.71. The molecule has 3 heteroatoms. The summed E-state index contributed by atoms with van der Waals surface area (Å²) in [5.74, 6) is 0. The van der Waals surface area contributed by atoms with E-state index < -0.39 is 0 Å². The highest BCUT2D eigenvalue weighted by molar-refractivity contribution is 5.26. The van der Waals surface area contributed by atoms with Crippen LogP contribution in [0.4, 0.5) is 0 Å². The van der Waals surface area contributed by atoms with Gasteiger partial charge in [-0.1, -0.05) is 6.07 Å². The van der Waals surface area contributed by atoms with Crippen molar-refractivity contribution in [2.45, 2.75) is 40.4 Å². The summed E-state index contributed by atoms with van der Waals surface area (Å²) in [6.45, 7) is 9.37. The molecule has 0 fully saturated rings. The van der Waals surface area contributed by atoms with Crippen LogP contribution in [-0.2, 0) is 19.6 Å². The highest BCUT2D eigenvalue weighted by atomic mass is 15.0. The van der Waals surface area contributed by atoms with E-state index in [1.807, 2.05) is 12.3 Å². The SMILES string of the molecule is CCn1c(C)cc(CNCc2cccnc2)c1C. The van der Waals surface area contributed by atoms with E-state index in [0.717, 1.165) is 19.6 Å². The number of hydrogen-bond donors (Lipinski definition) is 1. The first-order valence-electron chi connectivity index (χ1n) is 6.47. The molecule has 0 unspecified atom stereocenters. The van der Waals surface area contributed by atoms with E-state index in [2.05, 4.69) is 47.8 Å². The summed E-state index contributed by atoms with van der Waals surface area (Å²) >= 11 is 0. The quantitative estimate of drug-likeness (QED) is 0.875. The lowest BCUT2D eigenvalue weighted by atomic mass is 10.2. The van der Waals surface area contributed by atoms with Crippen molar-refractivity contribution >= 4 is 0 Å². The monoisotopic (exact) mass is 243 g/mol. The van der Waals surface area contributed by atoms with Gasteiger partial charge in [0.15, 0.2) is 0 Å². The number of nitrogens with one attached hydrogen (secondary N) is 1. The van der Waals surface area contributed by atoms with Crippen LogP contribution in [0.1, 0.15) is 29.4 Å². The molecule has 0 spiro atoms. The van der Waals surface area contributed by atoms with Gasteiger partial charge in [-0.25, -0.2) is 0 Å². The zero-order chi connectivity index (χ0) is 13.0. The molecule has 0 bridgehead atoms. The summed E-state index contributed by atoms with van der Waals surface area (Å²) in [5.41, 5.74) is 5.32. The molecule has 0 saturated carbocycles. The molecule has 0 aliphatic rings. The average Bonchev–Trinajstić information content (AvgIpc) is 2.65. The first kappa shape index (κ1) is 12.8. The van der Waals surface area contributed by atoms with Crippen LogP contribution in [0.5, 0.6) is 0 Å². The van der Waals surface area contributed by atoms with Gasteiger partial charge in [-0.15, -0.1) is 0 Å². The van der Waals surface area contributed by atoms with Crippen molar-refractivity contribution in [3.8, 4) is 0 Å². The summed E-state index contributed by atoms with van der Waals surface area (Å²) in [5, 5.41) is 3.47. The van der Waals surface area contributed by atoms with Crippen molar-refractivity contribution in [2.75, 3.05) is 0 Å². The largest absolute Gasteiger partial charge is 0.349 e. The molecule has 3 nitrogen and oxygen atoms in total. The average molecular weight is 243 g/mol. The molecule has 96 valence electrons. The van der Waals surface area contributed by atoms with Crippen molar-refractivity contribution < 1.29 is 0 Å². The number of aryl methyl sites for hydroxylation is 1. The van der Waals surface area contributed by atoms with E-state index in [1.165, 1.54) is 22.5 Å². The third kappa shape index (κ3) is 2.79. The van der Waals surface area contributed by atoms with Crippen LogP contribution >= 0.6 is 0 Å². The van der Waals surface area contributed by atoms with Crippen molar-refractivity contribution in [2.24, 2.45) is 0 Å². The van der Waals surface area contributed by atoms with Crippen LogP contribution in [0.3, 0.4) is 0 Å². The molecule has 0 aliphatic heterocycles. The van der Waals surface area contributed by atoms with Gasteiger partial charge in [0.25, 0.3) is 0 Å². The van der Waals surface area contributed by atoms with E-state index in [1.54, 1.807) is 6.20 Å². The third-order valence-corrected chi connectivity index (χ3v) is 3.36. The molecule has 0 aliphatic carbocycles. The zero-order valence-electron chi connectivity index (χ0n) is 11.4. The Morgan fingerprint density at radius 1 is 1.28 bits per heavy atom. The summed E-state index contributed by atoms with van der Waals surface area (Å²) < 4.78 is 2.35. The Balaban J connectivity index is 1.95. The highest BCUT2D eigenvalue weighted by Crippen LogP contribution is 2.14. The Bertz CT molecular complexity index is 500. The minimum atomic E-state index is 0.865. The Hall–Kier alpha value is -1.61. The van der Waals surface area contributed by atoms with Gasteiger partial charge in [0.2, 0.25) is 0 Å². The molecule has 2 heterocycles. The topological polar surface area (TPSA) is 29.9 Å². The van der Waals surface area contributed by atoms with Crippen molar-refractivity contribution in [1.29, 1.82) is 0 Å². The Kier molecular flexibility index (Phi) is 4.15. The first-order chi connectivity index (χ1) is 8.72. The van der Waals surface area contributed by atoms with E-state index in [0.29, 0.717) is 0 Å². The van der Waals surface area contributed by atoms with Gasteiger partial charge in [0.05, 0.1) is 0 Å². The first-order valence-corrected chi connectivity index (χ1v) is 6.47. The van der Waals surface area contributed by atoms with E-state index in [-0.39, 0.29) is 0 Å². The maximum absolute atomic E-state index is 4.12. The fourth-order valence-corrected chi connectivity index (χ4v) is 2.38. The van der Waals surface area contributed by atoms with Gasteiger partial charge in [-0.2, -0.15) is 0 Å². The number of nitrogens with zero attached hydrogens (tertiary/aromatic N) is 2. The molecule has 2 aromatic heterocycles. The minimum Gasteiger partial charge on any atom is -0.349 e. The molecule has 18 heavy (non-hydrogen) atoms. The van der Waals surface area contributed by atoms with E-state index in [4.69, 9.17) is 0 Å². The van der Waals surface area contributed by atoms with Crippen molar-refractivity contribution in [3.63, 3.8) is 0 Å². The lowest BCUT2D eigenvalue weighted by Crippen LogP contribution is -2.13. The minimum absolute atomic E-state index is 0.865. The Morgan fingerprint density at radius 3 is 2.72 bits per heavy atom. The summed E-state index contributed by atoms with van der Waals surface area (Å²) in [7, 11) is 0. The van der Waals surface area contributed by atoms with Crippen LogP contribution < -0.4 is 5.32 Å². The maximum Gasteiger partial charge on any atom is 0.0312 e. The molecule has 0 amide bonds. The van der Waals surface area contributed by atoms with Crippen molar-refractivity contribution in [3.05, 3.63) is 53.1 Å². The van der Waals surface area contributed by atoms with Crippen LogP contribution in [0.2, 0.25) is 0 Å². The molecule has 2 aromatic rings. The predicted octanol–water partition coefficient (Wildman–Crippen LogP) is 2.81. The van der Waals surface area contributed by atoms with Gasteiger partial charge in [-0.3, -0.25) is 4.98 Å². The molecular weight excluding hydrogens is 222 g/mol. The lowest BCUT2D eigenvalue weighted by molar-refractivity contribution is 0.674. The van der Waals surface area contributed by atoms with Gasteiger partial charge in [-0.05, 0) is 44.0 Å². The van der Waals surface area contributed by atoms with E-state index >= 15 is 0 Å². The van der Waals surface area contributed by atoms with Gasteiger partial charge < -0.3 is 9.88 Å². The fraction of sp³-hybridized carbons (Fsp3) is 0.400. The van der Waals surface area contributed by atoms with Crippen LogP contribution in [0, 0.1) is 13.8 Å². The number of pyridine rings is 1. The number of rotatable bonds is 5. The smallest absolute Gasteiger partial charge is 0.0312 e. The molecular formula is C15H21N3. The standard InChI is InChI=1S/C15H21N3/c1-4-18-12(2)8-15(13(18)3)11-17-10-14-6-5-7-16-9-14/h5-9,17H,4,10-11H2,1-3H3. The Labute approximate surface area is 109 Å². The van der Waals surface area contributed by atoms with Gasteiger partial charge in [0, 0.05) is 43.4 Å². The van der Waals surface area contributed by atoms with Crippen molar-refractivity contribution in [1.82, 2.24) is 14.9 Å². The number of hydrogen-bond acceptors (Lipinski definition) is 2. The zero-order valence-corrected chi connectivity index (χ0v) is 11.4. The fourth-order valence-electron chi connectivity index (χ4n) is 2.38. The molecule has 0 aromatic carbocycles. The van der Waals surface area contributed by atoms with E-state index in [9.17, 15) is 0 Å². The maximum atomic E-state index is 4.12. The van der Waals surface area contributed by atoms with Crippen LogP contribution in [-0.4, -0.2) is 9.55 Å².